The molecule has 0 bridgehead atoms. The minimum Gasteiger partial charge on any atom is -0.330 e. The lowest BCUT2D eigenvalue weighted by atomic mass is 10.0. The van der Waals surface area contributed by atoms with Crippen molar-refractivity contribution >= 4 is 0 Å². The maximum Gasteiger partial charge on any atom is -0.00773 e. The van der Waals surface area contributed by atoms with Crippen LogP contribution in [-0.4, -0.2) is 6.54 Å². The van der Waals surface area contributed by atoms with E-state index in [1.54, 1.807) is 0 Å². The Morgan fingerprint density at radius 3 is 2.64 bits per heavy atom. The van der Waals surface area contributed by atoms with Crippen LogP contribution in [0.15, 0.2) is 12.2 Å². The fraction of sp³-hybridized carbons (Fsp3) is 0.800. The monoisotopic (exact) mass is 155 g/mol. The van der Waals surface area contributed by atoms with Gasteiger partial charge in [-0.15, -0.1) is 0 Å². The predicted molar refractivity (Wildman–Crippen MR) is 51.5 cm³/mol. The van der Waals surface area contributed by atoms with E-state index in [-0.39, 0.29) is 0 Å². The van der Waals surface area contributed by atoms with Crippen molar-refractivity contribution in [1.29, 1.82) is 0 Å². The van der Waals surface area contributed by atoms with Gasteiger partial charge < -0.3 is 5.73 Å². The first-order valence-corrected chi connectivity index (χ1v) is 4.68. The summed E-state index contributed by atoms with van der Waals surface area (Å²) in [5.74, 6) is 0.737. The van der Waals surface area contributed by atoms with Crippen LogP contribution >= 0.6 is 0 Å². The molecule has 0 rings (SSSR count). The van der Waals surface area contributed by atoms with Crippen LogP contribution in [0.1, 0.15) is 39.5 Å². The summed E-state index contributed by atoms with van der Waals surface area (Å²) in [6.07, 6.45) is 9.43. The zero-order chi connectivity index (χ0) is 8.53. The third kappa shape index (κ3) is 7.60. The molecular formula is C10H21N. The Morgan fingerprint density at radius 2 is 2.09 bits per heavy atom. The Kier molecular flexibility index (Phi) is 7.59. The molecule has 1 unspecified atom stereocenters. The molecule has 0 aliphatic rings. The van der Waals surface area contributed by atoms with E-state index >= 15 is 0 Å². The Bertz CT molecular complexity index is 97.0. The summed E-state index contributed by atoms with van der Waals surface area (Å²) in [6, 6.07) is 0. The summed E-state index contributed by atoms with van der Waals surface area (Å²) in [7, 11) is 0. The standard InChI is InChI=1S/C10H21N/c1-3-4-7-10(2)8-5-6-9-11/h4,7,10H,3,5-6,8-9,11H2,1-2H3. The van der Waals surface area contributed by atoms with Gasteiger partial charge in [-0.1, -0.05) is 32.4 Å². The SMILES string of the molecule is CCC=CC(C)CCCCN. The first kappa shape index (κ1) is 10.7. The van der Waals surface area contributed by atoms with Crippen LogP contribution in [0.25, 0.3) is 0 Å². The molecule has 1 atom stereocenters. The van der Waals surface area contributed by atoms with E-state index in [9.17, 15) is 0 Å². The van der Waals surface area contributed by atoms with Crippen LogP contribution in [-0.2, 0) is 0 Å². The molecule has 0 aromatic carbocycles. The summed E-state index contributed by atoms with van der Waals surface area (Å²) in [6.45, 7) is 5.27. The van der Waals surface area contributed by atoms with Crippen molar-refractivity contribution in [2.45, 2.75) is 39.5 Å². The van der Waals surface area contributed by atoms with Gasteiger partial charge in [-0.2, -0.15) is 0 Å². The molecule has 66 valence electrons. The summed E-state index contributed by atoms with van der Waals surface area (Å²) in [5, 5.41) is 0. The van der Waals surface area contributed by atoms with Crippen LogP contribution in [0.5, 0.6) is 0 Å². The number of hydrogen-bond acceptors (Lipinski definition) is 1. The van der Waals surface area contributed by atoms with Crippen LogP contribution in [0, 0.1) is 5.92 Å². The van der Waals surface area contributed by atoms with Crippen LogP contribution in [0.4, 0.5) is 0 Å². The number of allylic oxidation sites excluding steroid dienone is 2. The molecule has 2 N–H and O–H groups in total. The van der Waals surface area contributed by atoms with Crippen LogP contribution in [0.3, 0.4) is 0 Å². The van der Waals surface area contributed by atoms with Crippen molar-refractivity contribution in [3.8, 4) is 0 Å². The average Bonchev–Trinajstić information content (AvgIpc) is 2.01. The van der Waals surface area contributed by atoms with E-state index < -0.39 is 0 Å². The molecule has 0 aromatic heterocycles. The molecule has 11 heavy (non-hydrogen) atoms. The molecule has 0 amide bonds. The molecule has 0 aliphatic heterocycles. The normalized spacial score (nSPS) is 14.1. The maximum atomic E-state index is 5.40. The van der Waals surface area contributed by atoms with Gasteiger partial charge >= 0.3 is 0 Å². The number of rotatable bonds is 6. The van der Waals surface area contributed by atoms with E-state index in [1.807, 2.05) is 0 Å². The molecule has 0 radical (unpaired) electrons. The molecule has 1 heteroatoms. The van der Waals surface area contributed by atoms with E-state index in [2.05, 4.69) is 26.0 Å². The Balaban J connectivity index is 3.21. The zero-order valence-electron chi connectivity index (χ0n) is 7.84. The van der Waals surface area contributed by atoms with Gasteiger partial charge in [0.2, 0.25) is 0 Å². The Morgan fingerprint density at radius 1 is 1.36 bits per heavy atom. The van der Waals surface area contributed by atoms with Crippen molar-refractivity contribution < 1.29 is 0 Å². The summed E-state index contributed by atoms with van der Waals surface area (Å²) in [5.41, 5.74) is 5.40. The average molecular weight is 155 g/mol. The molecule has 0 spiro atoms. The van der Waals surface area contributed by atoms with Crippen molar-refractivity contribution in [3.05, 3.63) is 12.2 Å². The lowest BCUT2D eigenvalue weighted by Gasteiger charge is -2.03. The first-order chi connectivity index (χ1) is 5.31. The summed E-state index contributed by atoms with van der Waals surface area (Å²) in [4.78, 5) is 0. The van der Waals surface area contributed by atoms with E-state index in [1.165, 1.54) is 19.3 Å². The second-order valence-corrected chi connectivity index (χ2v) is 3.10. The molecule has 1 nitrogen and oxygen atoms in total. The van der Waals surface area contributed by atoms with Gasteiger partial charge in [0.1, 0.15) is 0 Å². The van der Waals surface area contributed by atoms with Crippen molar-refractivity contribution in [1.82, 2.24) is 0 Å². The highest BCUT2D eigenvalue weighted by molar-refractivity contribution is 4.84. The van der Waals surface area contributed by atoms with Crippen molar-refractivity contribution in [3.63, 3.8) is 0 Å². The lowest BCUT2D eigenvalue weighted by Crippen LogP contribution is -1.99. The molecule has 0 heterocycles. The van der Waals surface area contributed by atoms with E-state index in [0.717, 1.165) is 18.9 Å². The number of unbranched alkanes of at least 4 members (excludes halogenated alkanes) is 1. The van der Waals surface area contributed by atoms with Gasteiger partial charge in [0, 0.05) is 0 Å². The van der Waals surface area contributed by atoms with Crippen LogP contribution in [0.2, 0.25) is 0 Å². The van der Waals surface area contributed by atoms with Crippen molar-refractivity contribution in [2.24, 2.45) is 11.7 Å². The van der Waals surface area contributed by atoms with Gasteiger partial charge in [0.05, 0.1) is 0 Å². The quantitative estimate of drug-likeness (QED) is 0.463. The van der Waals surface area contributed by atoms with Crippen LogP contribution < -0.4 is 5.73 Å². The largest absolute Gasteiger partial charge is 0.330 e. The predicted octanol–water partition coefficient (Wildman–Crippen LogP) is 2.72. The highest BCUT2D eigenvalue weighted by Gasteiger charge is 1.94. The van der Waals surface area contributed by atoms with Gasteiger partial charge in [-0.3, -0.25) is 0 Å². The Labute approximate surface area is 70.7 Å². The smallest absolute Gasteiger partial charge is 0.00773 e. The highest BCUT2D eigenvalue weighted by atomic mass is 14.5. The maximum absolute atomic E-state index is 5.40. The van der Waals surface area contributed by atoms with E-state index in [0.29, 0.717) is 0 Å². The third-order valence-corrected chi connectivity index (χ3v) is 1.81. The Hall–Kier alpha value is -0.300. The highest BCUT2D eigenvalue weighted by Crippen LogP contribution is 2.08. The summed E-state index contributed by atoms with van der Waals surface area (Å²) < 4.78 is 0. The molecule has 0 aromatic rings. The van der Waals surface area contributed by atoms with Gasteiger partial charge in [-0.25, -0.2) is 0 Å². The lowest BCUT2D eigenvalue weighted by molar-refractivity contribution is 0.584. The summed E-state index contributed by atoms with van der Waals surface area (Å²) >= 11 is 0. The fourth-order valence-electron chi connectivity index (χ4n) is 1.08. The topological polar surface area (TPSA) is 26.0 Å². The second-order valence-electron chi connectivity index (χ2n) is 3.10. The number of hydrogen-bond donors (Lipinski definition) is 1. The molecule has 0 saturated carbocycles. The van der Waals surface area contributed by atoms with Gasteiger partial charge in [0.25, 0.3) is 0 Å². The third-order valence-electron chi connectivity index (χ3n) is 1.81. The molecule has 0 fully saturated rings. The van der Waals surface area contributed by atoms with Crippen molar-refractivity contribution in [2.75, 3.05) is 6.54 Å². The minimum absolute atomic E-state index is 0.737. The molecular weight excluding hydrogens is 134 g/mol. The molecule has 0 aliphatic carbocycles. The second kappa shape index (κ2) is 7.80. The first-order valence-electron chi connectivity index (χ1n) is 4.68. The zero-order valence-corrected chi connectivity index (χ0v) is 7.84. The number of nitrogens with two attached hydrogens (primary N) is 1. The fourth-order valence-corrected chi connectivity index (χ4v) is 1.08. The van der Waals surface area contributed by atoms with Gasteiger partial charge in [0.15, 0.2) is 0 Å². The molecule has 0 saturated heterocycles. The van der Waals surface area contributed by atoms with Gasteiger partial charge in [-0.05, 0) is 31.7 Å². The minimum atomic E-state index is 0.737. The van der Waals surface area contributed by atoms with E-state index in [4.69, 9.17) is 5.73 Å².